The molecule has 1 aromatic rings. The Bertz CT molecular complexity index is 786. The van der Waals surface area contributed by atoms with E-state index in [1.807, 2.05) is 0 Å². The van der Waals surface area contributed by atoms with Crippen LogP contribution in [-0.2, 0) is 19.1 Å². The van der Waals surface area contributed by atoms with Gasteiger partial charge in [0, 0.05) is 0 Å². The van der Waals surface area contributed by atoms with Gasteiger partial charge in [-0.05, 0) is 100 Å². The zero-order chi connectivity index (χ0) is 28.7. The van der Waals surface area contributed by atoms with E-state index in [0.29, 0.717) is 11.8 Å². The fraction of sp³-hybridized carbons (Fsp3) is 0.765. The third-order valence-corrected chi connectivity index (χ3v) is 8.93. The van der Waals surface area contributed by atoms with Crippen LogP contribution in [0, 0.1) is 0 Å². The number of benzene rings is 1. The Hall–Kier alpha value is -1.98. The molecule has 0 aromatic heterocycles. The summed E-state index contributed by atoms with van der Waals surface area (Å²) in [5, 5.41) is 0. The first-order valence-corrected chi connectivity index (χ1v) is 16.2. The highest BCUT2D eigenvalue weighted by atomic mass is 19.1. The lowest BCUT2D eigenvalue weighted by molar-refractivity contribution is -0.157. The third-order valence-electron chi connectivity index (χ3n) is 8.93. The summed E-state index contributed by atoms with van der Waals surface area (Å²) in [7, 11) is 0. The van der Waals surface area contributed by atoms with Crippen molar-refractivity contribution < 1.29 is 27.8 Å². The molecule has 2 aliphatic carbocycles. The summed E-state index contributed by atoms with van der Waals surface area (Å²) in [5.74, 6) is -0.489. The number of hydrogen-bond acceptors (Lipinski definition) is 4. The van der Waals surface area contributed by atoms with E-state index in [-0.39, 0.29) is 25.0 Å². The summed E-state index contributed by atoms with van der Waals surface area (Å²) in [5.41, 5.74) is 2.62. The smallest absolute Gasteiger partial charge is 0.340 e. The van der Waals surface area contributed by atoms with Crippen LogP contribution in [0.3, 0.4) is 0 Å². The molecule has 2 atom stereocenters. The predicted molar refractivity (Wildman–Crippen MR) is 156 cm³/mol. The first-order valence-electron chi connectivity index (χ1n) is 16.2. The summed E-state index contributed by atoms with van der Waals surface area (Å²) in [6.07, 6.45) is 11.8. The average molecular weight is 563 g/mol. The lowest BCUT2D eigenvalue weighted by Gasteiger charge is -2.30. The van der Waals surface area contributed by atoms with Crippen LogP contribution < -0.4 is 0 Å². The SMILES string of the molecule is CCCCCC[C@@H](F)C(=O)OC1CCC(c2ccc(C3CCC(OC(=O)[C@H](F)CCCCCC)CC3)cc2)CC1. The Morgan fingerprint density at radius 2 is 0.975 bits per heavy atom. The standard InChI is InChI=1S/C34H52F2O4/c1-3-5-7-9-11-31(35)33(37)39-29-21-17-27(18-22-29)25-13-15-26(16-14-25)28-19-23-30(24-20-28)40-34(38)32(36)12-10-8-6-4-2/h13-16,27-32H,3-12,17-24H2,1-2H3/t27?,28?,29?,30?,31-,32-/m1/s1. The molecule has 0 amide bonds. The van der Waals surface area contributed by atoms with E-state index in [4.69, 9.17) is 9.47 Å². The minimum atomic E-state index is -1.50. The number of alkyl halides is 2. The second-order valence-corrected chi connectivity index (χ2v) is 12.1. The number of unbranched alkanes of at least 4 members (excludes halogenated alkanes) is 6. The maximum Gasteiger partial charge on any atom is 0.340 e. The molecule has 2 aliphatic rings. The van der Waals surface area contributed by atoms with Gasteiger partial charge in [-0.2, -0.15) is 0 Å². The van der Waals surface area contributed by atoms with Gasteiger partial charge in [-0.3, -0.25) is 0 Å². The molecule has 0 spiro atoms. The van der Waals surface area contributed by atoms with Crippen LogP contribution >= 0.6 is 0 Å². The zero-order valence-corrected chi connectivity index (χ0v) is 24.9. The number of hydrogen-bond donors (Lipinski definition) is 0. The normalized spacial score (nSPS) is 24.7. The fourth-order valence-corrected chi connectivity index (χ4v) is 6.28. The van der Waals surface area contributed by atoms with Gasteiger partial charge in [0.15, 0.2) is 12.3 Å². The van der Waals surface area contributed by atoms with Gasteiger partial charge >= 0.3 is 11.9 Å². The number of esters is 2. The summed E-state index contributed by atoms with van der Waals surface area (Å²) in [6, 6.07) is 8.88. The molecule has 40 heavy (non-hydrogen) atoms. The van der Waals surface area contributed by atoms with Gasteiger partial charge in [-0.25, -0.2) is 18.4 Å². The molecule has 226 valence electrons. The Morgan fingerprint density at radius 3 is 1.30 bits per heavy atom. The van der Waals surface area contributed by atoms with Crippen molar-refractivity contribution in [2.45, 2.75) is 166 Å². The van der Waals surface area contributed by atoms with E-state index < -0.39 is 24.3 Å². The lowest BCUT2D eigenvalue weighted by atomic mass is 9.80. The minimum Gasteiger partial charge on any atom is -0.460 e. The van der Waals surface area contributed by atoms with Gasteiger partial charge < -0.3 is 9.47 Å². The second-order valence-electron chi connectivity index (χ2n) is 12.1. The van der Waals surface area contributed by atoms with Gasteiger partial charge in [0.2, 0.25) is 0 Å². The Labute approximate surface area is 241 Å². The highest BCUT2D eigenvalue weighted by molar-refractivity contribution is 5.75. The second kappa shape index (κ2) is 17.7. The average Bonchev–Trinajstić information content (AvgIpc) is 2.98. The fourth-order valence-electron chi connectivity index (χ4n) is 6.28. The van der Waals surface area contributed by atoms with Crippen molar-refractivity contribution in [3.63, 3.8) is 0 Å². The summed E-state index contributed by atoms with van der Waals surface area (Å²) < 4.78 is 39.3. The molecule has 3 rings (SSSR count). The molecule has 2 fully saturated rings. The van der Waals surface area contributed by atoms with Crippen molar-refractivity contribution >= 4 is 11.9 Å². The lowest BCUT2D eigenvalue weighted by Crippen LogP contribution is -2.28. The molecular formula is C34H52F2O4. The number of rotatable bonds is 16. The van der Waals surface area contributed by atoms with E-state index in [2.05, 4.69) is 38.1 Å². The van der Waals surface area contributed by atoms with Crippen molar-refractivity contribution in [3.8, 4) is 0 Å². The molecule has 0 saturated heterocycles. The molecule has 0 radical (unpaired) electrons. The highest BCUT2D eigenvalue weighted by Crippen LogP contribution is 2.37. The largest absolute Gasteiger partial charge is 0.460 e. The number of carbonyl (C=O) groups excluding carboxylic acids is 2. The van der Waals surface area contributed by atoms with E-state index in [9.17, 15) is 18.4 Å². The first kappa shape index (κ1) is 32.5. The minimum absolute atomic E-state index is 0.171. The Balaban J connectivity index is 1.35. The number of ether oxygens (including phenoxy) is 2. The van der Waals surface area contributed by atoms with Crippen LogP contribution in [0.2, 0.25) is 0 Å². The quantitative estimate of drug-likeness (QED) is 0.149. The molecule has 4 nitrogen and oxygen atoms in total. The van der Waals surface area contributed by atoms with Crippen LogP contribution in [0.5, 0.6) is 0 Å². The van der Waals surface area contributed by atoms with E-state index in [0.717, 1.165) is 103 Å². The molecular weight excluding hydrogens is 510 g/mol. The maximum absolute atomic E-state index is 14.2. The summed E-state index contributed by atoms with van der Waals surface area (Å²) in [4.78, 5) is 24.3. The van der Waals surface area contributed by atoms with Crippen LogP contribution in [0.25, 0.3) is 0 Å². The van der Waals surface area contributed by atoms with Crippen molar-refractivity contribution in [1.82, 2.24) is 0 Å². The Kier molecular flexibility index (Phi) is 14.4. The third kappa shape index (κ3) is 10.8. The van der Waals surface area contributed by atoms with Crippen molar-refractivity contribution in [1.29, 1.82) is 0 Å². The first-order chi connectivity index (χ1) is 19.4. The molecule has 2 saturated carbocycles. The predicted octanol–water partition coefficient (Wildman–Crippen LogP) is 9.44. The van der Waals surface area contributed by atoms with Gasteiger partial charge in [-0.15, -0.1) is 0 Å². The van der Waals surface area contributed by atoms with E-state index in [1.165, 1.54) is 11.1 Å². The molecule has 6 heteroatoms. The van der Waals surface area contributed by atoms with Crippen molar-refractivity contribution in [2.24, 2.45) is 0 Å². The molecule has 0 heterocycles. The van der Waals surface area contributed by atoms with Gasteiger partial charge in [-0.1, -0.05) is 76.6 Å². The summed E-state index contributed by atoms with van der Waals surface area (Å²) in [6.45, 7) is 4.22. The zero-order valence-electron chi connectivity index (χ0n) is 24.9. The topological polar surface area (TPSA) is 52.6 Å². The Morgan fingerprint density at radius 1 is 0.625 bits per heavy atom. The van der Waals surface area contributed by atoms with Gasteiger partial charge in [0.05, 0.1) is 0 Å². The molecule has 0 unspecified atom stereocenters. The monoisotopic (exact) mass is 562 g/mol. The van der Waals surface area contributed by atoms with Crippen LogP contribution in [0.4, 0.5) is 8.78 Å². The van der Waals surface area contributed by atoms with E-state index >= 15 is 0 Å². The van der Waals surface area contributed by atoms with Crippen molar-refractivity contribution in [2.75, 3.05) is 0 Å². The van der Waals surface area contributed by atoms with Crippen LogP contribution in [-0.4, -0.2) is 36.5 Å². The number of carbonyl (C=O) groups is 2. The molecule has 0 N–H and O–H groups in total. The number of halogens is 2. The van der Waals surface area contributed by atoms with Gasteiger partial charge in [0.25, 0.3) is 0 Å². The molecule has 1 aromatic carbocycles. The molecule has 0 aliphatic heterocycles. The molecule has 0 bridgehead atoms. The van der Waals surface area contributed by atoms with Crippen molar-refractivity contribution in [3.05, 3.63) is 35.4 Å². The summed E-state index contributed by atoms with van der Waals surface area (Å²) >= 11 is 0. The highest BCUT2D eigenvalue weighted by Gasteiger charge is 2.30. The van der Waals surface area contributed by atoms with Crippen LogP contribution in [0.1, 0.15) is 152 Å². The van der Waals surface area contributed by atoms with E-state index in [1.54, 1.807) is 0 Å². The van der Waals surface area contributed by atoms with Crippen LogP contribution in [0.15, 0.2) is 24.3 Å². The maximum atomic E-state index is 14.2. The van der Waals surface area contributed by atoms with Gasteiger partial charge in [0.1, 0.15) is 12.2 Å².